The highest BCUT2D eigenvalue weighted by molar-refractivity contribution is 5.90. The number of nitrogens with zero attached hydrogens (tertiary/aromatic N) is 2. The summed E-state index contributed by atoms with van der Waals surface area (Å²) in [5.74, 6) is 1.54. The molecule has 1 fully saturated rings. The van der Waals surface area contributed by atoms with Crippen molar-refractivity contribution in [1.29, 1.82) is 0 Å². The molecule has 0 atom stereocenters. The molecule has 1 amide bonds. The van der Waals surface area contributed by atoms with Crippen molar-refractivity contribution in [3.8, 4) is 12.3 Å². The second-order valence-electron chi connectivity index (χ2n) is 7.07. The summed E-state index contributed by atoms with van der Waals surface area (Å²) in [6, 6.07) is 3.15. The number of terminal acetylenes is 1. The van der Waals surface area contributed by atoms with Gasteiger partial charge in [-0.15, -0.1) is 6.42 Å². The van der Waals surface area contributed by atoms with Crippen molar-refractivity contribution in [1.82, 2.24) is 4.90 Å². The van der Waals surface area contributed by atoms with Gasteiger partial charge in [0.15, 0.2) is 0 Å². The minimum Gasteiger partial charge on any atom is -0.478 e. The second kappa shape index (κ2) is 7.06. The highest BCUT2D eigenvalue weighted by Gasteiger charge is 2.27. The number of carbonyl (C=O) groups excluding carboxylic acids is 1. The molecule has 1 N–H and O–H groups in total. The molecule has 0 saturated carbocycles. The lowest BCUT2D eigenvalue weighted by atomic mass is 10.0. The number of piperazine rings is 1. The van der Waals surface area contributed by atoms with E-state index >= 15 is 0 Å². The van der Waals surface area contributed by atoms with Gasteiger partial charge in [0.1, 0.15) is 5.60 Å². The van der Waals surface area contributed by atoms with Crippen molar-refractivity contribution >= 4 is 17.7 Å². The summed E-state index contributed by atoms with van der Waals surface area (Å²) >= 11 is 0. The largest absolute Gasteiger partial charge is 0.478 e. The van der Waals surface area contributed by atoms with Crippen LogP contribution in [0.3, 0.4) is 0 Å². The van der Waals surface area contributed by atoms with E-state index in [-0.39, 0.29) is 11.7 Å². The van der Waals surface area contributed by atoms with Crippen LogP contribution in [0.1, 0.15) is 42.3 Å². The van der Waals surface area contributed by atoms with E-state index in [1.165, 1.54) is 6.07 Å². The van der Waals surface area contributed by atoms with E-state index in [2.05, 4.69) is 10.8 Å². The van der Waals surface area contributed by atoms with Crippen LogP contribution in [-0.4, -0.2) is 53.8 Å². The molecule has 0 bridgehead atoms. The zero-order valence-electron chi connectivity index (χ0n) is 15.1. The number of aromatic carboxylic acids is 1. The smallest absolute Gasteiger partial charge is 0.410 e. The average molecular weight is 344 g/mol. The van der Waals surface area contributed by atoms with Gasteiger partial charge in [0, 0.05) is 37.4 Å². The number of carboxylic acid groups (broad SMARTS) is 1. The molecule has 6 nitrogen and oxygen atoms in total. The monoisotopic (exact) mass is 344 g/mol. The van der Waals surface area contributed by atoms with Crippen LogP contribution in [0.4, 0.5) is 10.5 Å². The van der Waals surface area contributed by atoms with Gasteiger partial charge in [0.05, 0.1) is 5.56 Å². The quantitative estimate of drug-likeness (QED) is 0.836. The van der Waals surface area contributed by atoms with Crippen LogP contribution in [-0.2, 0) is 4.74 Å². The number of ether oxygens (including phenoxy) is 1. The fraction of sp³-hybridized carbons (Fsp3) is 0.474. The van der Waals surface area contributed by atoms with E-state index < -0.39 is 11.6 Å². The Bertz CT molecular complexity index is 720. The summed E-state index contributed by atoms with van der Waals surface area (Å²) < 4.78 is 5.39. The highest BCUT2D eigenvalue weighted by atomic mass is 16.6. The normalized spacial score (nSPS) is 14.8. The van der Waals surface area contributed by atoms with Gasteiger partial charge in [-0.2, -0.15) is 0 Å². The van der Waals surface area contributed by atoms with E-state index in [1.807, 2.05) is 27.7 Å². The van der Waals surface area contributed by atoms with Gasteiger partial charge in [0.2, 0.25) is 0 Å². The summed E-state index contributed by atoms with van der Waals surface area (Å²) in [5, 5.41) is 9.28. The van der Waals surface area contributed by atoms with Crippen molar-refractivity contribution in [3.05, 3.63) is 28.8 Å². The van der Waals surface area contributed by atoms with Crippen LogP contribution >= 0.6 is 0 Å². The molecule has 0 spiro atoms. The maximum atomic E-state index is 12.1. The van der Waals surface area contributed by atoms with Crippen LogP contribution in [0.15, 0.2) is 12.1 Å². The number of hydrogen-bond acceptors (Lipinski definition) is 4. The Morgan fingerprint density at radius 1 is 1.20 bits per heavy atom. The number of anilines is 1. The van der Waals surface area contributed by atoms with Gasteiger partial charge in [-0.05, 0) is 45.4 Å². The van der Waals surface area contributed by atoms with Gasteiger partial charge in [-0.3, -0.25) is 0 Å². The molecule has 1 aliphatic heterocycles. The fourth-order valence-electron chi connectivity index (χ4n) is 2.76. The van der Waals surface area contributed by atoms with Crippen LogP contribution in [0.5, 0.6) is 0 Å². The molecule has 1 aliphatic rings. The first kappa shape index (κ1) is 18.7. The van der Waals surface area contributed by atoms with Crippen LogP contribution in [0, 0.1) is 19.3 Å². The van der Waals surface area contributed by atoms with E-state index in [9.17, 15) is 14.7 Å². The number of benzene rings is 1. The van der Waals surface area contributed by atoms with Crippen molar-refractivity contribution in [3.63, 3.8) is 0 Å². The lowest BCUT2D eigenvalue weighted by Gasteiger charge is -2.37. The Morgan fingerprint density at radius 3 is 2.28 bits per heavy atom. The summed E-state index contributed by atoms with van der Waals surface area (Å²) in [7, 11) is 0. The van der Waals surface area contributed by atoms with Crippen LogP contribution < -0.4 is 4.90 Å². The first-order valence-corrected chi connectivity index (χ1v) is 8.20. The molecule has 1 heterocycles. The van der Waals surface area contributed by atoms with Crippen LogP contribution in [0.2, 0.25) is 0 Å². The molecular weight excluding hydrogens is 320 g/mol. The maximum absolute atomic E-state index is 12.1. The molecule has 134 valence electrons. The third kappa shape index (κ3) is 4.44. The summed E-state index contributed by atoms with van der Waals surface area (Å²) in [4.78, 5) is 27.2. The van der Waals surface area contributed by atoms with Gasteiger partial charge in [-0.1, -0.05) is 5.92 Å². The molecule has 0 unspecified atom stereocenters. The van der Waals surface area contributed by atoms with Crippen molar-refractivity contribution in [2.45, 2.75) is 33.3 Å². The topological polar surface area (TPSA) is 70.1 Å². The second-order valence-corrected chi connectivity index (χ2v) is 7.07. The minimum atomic E-state index is -1.01. The minimum absolute atomic E-state index is 0.170. The van der Waals surface area contributed by atoms with Crippen molar-refractivity contribution < 1.29 is 19.4 Å². The zero-order chi connectivity index (χ0) is 18.8. The lowest BCUT2D eigenvalue weighted by Crippen LogP contribution is -2.50. The SMILES string of the molecule is C#Cc1cc(C(=O)O)cc(N2CCN(C(=O)OC(C)(C)C)CC2)c1C. The Labute approximate surface area is 148 Å². The first-order chi connectivity index (χ1) is 11.6. The molecular formula is C19H24N2O4. The standard InChI is InChI=1S/C19H24N2O4/c1-6-14-11-15(17(22)23)12-16(13(14)2)20-7-9-21(10-8-20)18(24)25-19(3,4)5/h1,11-12H,7-10H2,2-5H3,(H,22,23). The van der Waals surface area contributed by atoms with Crippen LogP contribution in [0.25, 0.3) is 0 Å². The molecule has 2 rings (SSSR count). The number of rotatable bonds is 2. The summed E-state index contributed by atoms with van der Waals surface area (Å²) in [6.07, 6.45) is 5.18. The maximum Gasteiger partial charge on any atom is 0.410 e. The van der Waals surface area contributed by atoms with E-state index in [0.717, 1.165) is 11.3 Å². The number of carboxylic acids is 1. The summed E-state index contributed by atoms with van der Waals surface area (Å²) in [6.45, 7) is 9.60. The Hall–Kier alpha value is -2.68. The third-order valence-corrected chi connectivity index (χ3v) is 4.05. The van der Waals surface area contributed by atoms with Crippen molar-refractivity contribution in [2.75, 3.05) is 31.1 Å². The Kier molecular flexibility index (Phi) is 5.27. The van der Waals surface area contributed by atoms with Gasteiger partial charge >= 0.3 is 12.1 Å². The molecule has 1 saturated heterocycles. The number of hydrogen-bond donors (Lipinski definition) is 1. The molecule has 6 heteroatoms. The molecule has 1 aromatic carbocycles. The highest BCUT2D eigenvalue weighted by Crippen LogP contribution is 2.27. The number of carbonyl (C=O) groups is 2. The van der Waals surface area contributed by atoms with Gasteiger partial charge in [-0.25, -0.2) is 9.59 Å². The molecule has 0 radical (unpaired) electrons. The van der Waals surface area contributed by atoms with Crippen molar-refractivity contribution in [2.24, 2.45) is 0 Å². The average Bonchev–Trinajstić information content (AvgIpc) is 2.53. The van der Waals surface area contributed by atoms with E-state index in [4.69, 9.17) is 11.2 Å². The van der Waals surface area contributed by atoms with E-state index in [0.29, 0.717) is 31.7 Å². The van der Waals surface area contributed by atoms with Gasteiger partial charge < -0.3 is 19.6 Å². The predicted octanol–water partition coefficient (Wildman–Crippen LogP) is 2.73. The Balaban J connectivity index is 2.16. The summed E-state index contributed by atoms with van der Waals surface area (Å²) in [5.41, 5.74) is 1.89. The molecule has 0 aliphatic carbocycles. The van der Waals surface area contributed by atoms with E-state index in [1.54, 1.807) is 11.0 Å². The third-order valence-electron chi connectivity index (χ3n) is 4.05. The fourth-order valence-corrected chi connectivity index (χ4v) is 2.76. The first-order valence-electron chi connectivity index (χ1n) is 8.20. The zero-order valence-corrected chi connectivity index (χ0v) is 15.1. The lowest BCUT2D eigenvalue weighted by molar-refractivity contribution is 0.0240. The molecule has 25 heavy (non-hydrogen) atoms. The van der Waals surface area contributed by atoms with Gasteiger partial charge in [0.25, 0.3) is 0 Å². The predicted molar refractivity (Wildman–Crippen MR) is 96.1 cm³/mol. The molecule has 0 aromatic heterocycles. The Morgan fingerprint density at radius 2 is 1.80 bits per heavy atom. The number of amides is 1. The molecule has 1 aromatic rings.